The molecule has 2 aromatic carbocycles. The Morgan fingerprint density at radius 2 is 1.77 bits per heavy atom. The minimum atomic E-state index is -1.17. The van der Waals surface area contributed by atoms with Gasteiger partial charge in [-0.3, -0.25) is 9.59 Å². The number of hydrogen-bond donors (Lipinski definition) is 3. The van der Waals surface area contributed by atoms with Crippen molar-refractivity contribution in [2.45, 2.75) is 73.7 Å². The first-order chi connectivity index (χ1) is 22.8. The van der Waals surface area contributed by atoms with Gasteiger partial charge >= 0.3 is 0 Å². The maximum atomic E-state index is 14.2. The van der Waals surface area contributed by atoms with Crippen LogP contribution in [0.15, 0.2) is 84.3 Å². The van der Waals surface area contributed by atoms with E-state index in [0.29, 0.717) is 36.6 Å². The number of amides is 1. The van der Waals surface area contributed by atoms with Crippen LogP contribution in [0.4, 0.5) is 5.69 Å². The van der Waals surface area contributed by atoms with Gasteiger partial charge in [0.25, 0.3) is 0 Å². The molecule has 0 aromatic heterocycles. The van der Waals surface area contributed by atoms with Crippen LogP contribution in [0, 0.1) is 17.8 Å². The lowest BCUT2D eigenvalue weighted by atomic mass is 9.56. The largest absolute Gasteiger partial charge is 0.490 e. The van der Waals surface area contributed by atoms with Crippen molar-refractivity contribution >= 4 is 29.1 Å². The Bertz CT molecular complexity index is 1460. The number of benzene rings is 2. The van der Waals surface area contributed by atoms with Crippen LogP contribution >= 0.6 is 11.8 Å². The molecular formula is C38H47NO7S. The Morgan fingerprint density at radius 3 is 2.45 bits per heavy atom. The standard InChI is InChI=1S/C38H47NO7S/c1-4-20-44-28-14-17-34-32(23-28)36-30(11-7-9-19-41)26(10-6-8-18-40)22-31-33(43)24-35(38(46-34,37(31)36)45-21-5-2)47-29-15-12-27(13-16-29)39-25(3)42/h4-5,12-17,22-23,26,30,35-37,40-41H,1-2,6-11,18-21,24H2,3H3,(H,39,42)/t26-,30+,35-,36+,37+,38+/m0/s1. The fourth-order valence-corrected chi connectivity index (χ4v) is 8.83. The molecular weight excluding hydrogens is 614 g/mol. The second kappa shape index (κ2) is 16.2. The van der Waals surface area contributed by atoms with Crippen LogP contribution in [0.3, 0.4) is 0 Å². The second-order valence-corrected chi connectivity index (χ2v) is 13.8. The molecule has 1 heterocycles. The van der Waals surface area contributed by atoms with Gasteiger partial charge in [0.15, 0.2) is 5.78 Å². The predicted octanol–water partition coefficient (Wildman–Crippen LogP) is 6.83. The summed E-state index contributed by atoms with van der Waals surface area (Å²) in [5, 5.41) is 21.7. The summed E-state index contributed by atoms with van der Waals surface area (Å²) in [6, 6.07) is 13.5. The van der Waals surface area contributed by atoms with Gasteiger partial charge in [-0.1, -0.05) is 37.6 Å². The number of Topliss-reactive ketones (excluding diaryl/α,β-unsaturated/α-hetero) is 1. The van der Waals surface area contributed by atoms with E-state index < -0.39 is 5.79 Å². The Hall–Kier alpha value is -3.37. The summed E-state index contributed by atoms with van der Waals surface area (Å²) in [4.78, 5) is 26.8. The van der Waals surface area contributed by atoms with Crippen molar-refractivity contribution < 1.29 is 34.0 Å². The number of allylic oxidation sites excluding steroid dienone is 1. The number of ether oxygens (including phenoxy) is 3. The number of aliphatic hydroxyl groups excluding tert-OH is 2. The zero-order valence-electron chi connectivity index (χ0n) is 27.2. The molecule has 0 radical (unpaired) electrons. The smallest absolute Gasteiger partial charge is 0.231 e. The van der Waals surface area contributed by atoms with Crippen LogP contribution < -0.4 is 14.8 Å². The van der Waals surface area contributed by atoms with Crippen molar-refractivity contribution in [1.82, 2.24) is 0 Å². The highest BCUT2D eigenvalue weighted by Crippen LogP contribution is 2.62. The van der Waals surface area contributed by atoms with Gasteiger partial charge in [0.2, 0.25) is 11.7 Å². The lowest BCUT2D eigenvalue weighted by Gasteiger charge is -2.58. The van der Waals surface area contributed by atoms with Gasteiger partial charge < -0.3 is 29.7 Å². The first-order valence-corrected chi connectivity index (χ1v) is 17.6. The molecule has 3 aliphatic rings. The fourth-order valence-electron chi connectivity index (χ4n) is 7.55. The summed E-state index contributed by atoms with van der Waals surface area (Å²) in [6.45, 7) is 10.1. The average Bonchev–Trinajstić information content (AvgIpc) is 3.06. The summed E-state index contributed by atoms with van der Waals surface area (Å²) in [7, 11) is 0. The fraction of sp³-hybridized carbons (Fsp3) is 0.474. The van der Waals surface area contributed by atoms with Crippen LogP contribution in [0.25, 0.3) is 0 Å². The lowest BCUT2D eigenvalue weighted by molar-refractivity contribution is -0.227. The van der Waals surface area contributed by atoms with Gasteiger partial charge in [0, 0.05) is 54.2 Å². The monoisotopic (exact) mass is 661 g/mol. The Morgan fingerprint density at radius 1 is 1.04 bits per heavy atom. The van der Waals surface area contributed by atoms with Crippen molar-refractivity contribution in [3.63, 3.8) is 0 Å². The second-order valence-electron chi connectivity index (χ2n) is 12.6. The quantitative estimate of drug-likeness (QED) is 0.125. The molecule has 2 aliphatic carbocycles. The third-order valence-corrected chi connectivity index (χ3v) is 10.7. The molecule has 0 bridgehead atoms. The number of anilines is 1. The molecule has 5 rings (SSSR count). The summed E-state index contributed by atoms with van der Waals surface area (Å²) >= 11 is 1.56. The molecule has 252 valence electrons. The van der Waals surface area contributed by atoms with E-state index in [-0.39, 0.29) is 66.9 Å². The molecule has 0 saturated heterocycles. The molecule has 1 fully saturated rings. The van der Waals surface area contributed by atoms with Crippen molar-refractivity contribution in [3.8, 4) is 11.5 Å². The van der Waals surface area contributed by atoms with E-state index >= 15 is 0 Å². The number of ketones is 1. The highest BCUT2D eigenvalue weighted by Gasteiger charge is 2.64. The minimum Gasteiger partial charge on any atom is -0.490 e. The van der Waals surface area contributed by atoms with Crippen molar-refractivity contribution in [2.24, 2.45) is 17.8 Å². The number of hydrogen-bond acceptors (Lipinski definition) is 8. The minimum absolute atomic E-state index is 0.0947. The molecule has 8 nitrogen and oxygen atoms in total. The number of fused-ring (bicyclic) bond motifs is 2. The number of unbranched alkanes of at least 4 members (excludes halogenated alkanes) is 2. The molecule has 2 aromatic rings. The summed E-state index contributed by atoms with van der Waals surface area (Å²) < 4.78 is 19.8. The molecule has 3 N–H and O–H groups in total. The highest BCUT2D eigenvalue weighted by molar-refractivity contribution is 8.00. The normalized spacial score (nSPS) is 25.9. The van der Waals surface area contributed by atoms with E-state index in [1.165, 1.54) is 6.92 Å². The number of nitrogens with one attached hydrogen (secondary N) is 1. The molecule has 1 aliphatic heterocycles. The first-order valence-electron chi connectivity index (χ1n) is 16.7. The van der Waals surface area contributed by atoms with Gasteiger partial charge in [-0.15, -0.1) is 18.3 Å². The topological polar surface area (TPSA) is 114 Å². The summed E-state index contributed by atoms with van der Waals surface area (Å²) in [6.07, 6.45) is 10.7. The van der Waals surface area contributed by atoms with Crippen molar-refractivity contribution in [3.05, 3.63) is 85.0 Å². The predicted molar refractivity (Wildman–Crippen MR) is 185 cm³/mol. The third kappa shape index (κ3) is 7.70. The van der Waals surface area contributed by atoms with E-state index in [1.807, 2.05) is 36.4 Å². The maximum Gasteiger partial charge on any atom is 0.231 e. The molecule has 1 amide bonds. The van der Waals surface area contributed by atoms with Crippen LogP contribution in [0.1, 0.15) is 63.4 Å². The van der Waals surface area contributed by atoms with Gasteiger partial charge in [0.1, 0.15) is 18.1 Å². The van der Waals surface area contributed by atoms with E-state index in [2.05, 4.69) is 30.6 Å². The SMILES string of the molecule is C=CCOc1ccc2c(c1)[C@H]1[C@H](CCCCO)[C@@H](CCCCO)C=C3C(=O)C[C@H](Sc4ccc(NC(C)=O)cc4)[C@@](OCC=C)(O2)[C@H]31. The van der Waals surface area contributed by atoms with E-state index in [9.17, 15) is 19.8 Å². The molecule has 1 saturated carbocycles. The van der Waals surface area contributed by atoms with Crippen LogP contribution in [-0.2, 0) is 14.3 Å². The molecule has 47 heavy (non-hydrogen) atoms. The number of carbonyl (C=O) groups excluding carboxylic acids is 2. The third-order valence-electron chi connectivity index (χ3n) is 9.42. The van der Waals surface area contributed by atoms with Gasteiger partial charge in [0.05, 0.1) is 17.8 Å². The average molecular weight is 662 g/mol. The van der Waals surface area contributed by atoms with Crippen LogP contribution in [0.5, 0.6) is 11.5 Å². The Balaban J connectivity index is 1.65. The maximum absolute atomic E-state index is 14.2. The van der Waals surface area contributed by atoms with Gasteiger partial charge in [-0.05, 0) is 80.0 Å². The highest BCUT2D eigenvalue weighted by atomic mass is 32.2. The van der Waals surface area contributed by atoms with Crippen molar-refractivity contribution in [1.29, 1.82) is 0 Å². The lowest BCUT2D eigenvalue weighted by Crippen LogP contribution is -2.64. The molecule has 9 heteroatoms. The number of carbonyl (C=O) groups is 2. The molecule has 0 unspecified atom stereocenters. The van der Waals surface area contributed by atoms with E-state index in [0.717, 1.165) is 41.7 Å². The van der Waals surface area contributed by atoms with E-state index in [1.54, 1.807) is 23.9 Å². The van der Waals surface area contributed by atoms with Crippen molar-refractivity contribution in [2.75, 3.05) is 31.7 Å². The zero-order valence-corrected chi connectivity index (χ0v) is 28.0. The Kier molecular flexibility index (Phi) is 12.0. The summed E-state index contributed by atoms with van der Waals surface area (Å²) in [5.74, 6) is -0.0144. The number of thioether (sulfide) groups is 1. The summed E-state index contributed by atoms with van der Waals surface area (Å²) in [5.41, 5.74) is 2.46. The van der Waals surface area contributed by atoms with E-state index in [4.69, 9.17) is 14.2 Å². The molecule has 6 atom stereocenters. The first kappa shape index (κ1) is 35.0. The molecule has 0 spiro atoms. The van der Waals surface area contributed by atoms with Gasteiger partial charge in [-0.2, -0.15) is 0 Å². The number of aliphatic hydroxyl groups is 2. The number of rotatable bonds is 17. The van der Waals surface area contributed by atoms with Crippen LogP contribution in [-0.4, -0.2) is 59.4 Å². The van der Waals surface area contributed by atoms with Crippen LogP contribution in [0.2, 0.25) is 0 Å². The Labute approximate surface area is 282 Å². The zero-order chi connectivity index (χ0) is 33.4. The van der Waals surface area contributed by atoms with Gasteiger partial charge in [-0.25, -0.2) is 0 Å².